The van der Waals surface area contributed by atoms with E-state index in [0.29, 0.717) is 29.6 Å². The molecule has 4 nitrogen and oxygen atoms in total. The van der Waals surface area contributed by atoms with Crippen LogP contribution >= 0.6 is 0 Å². The van der Waals surface area contributed by atoms with Gasteiger partial charge in [-0.2, -0.15) is 0 Å². The van der Waals surface area contributed by atoms with Gasteiger partial charge in [0.25, 0.3) is 0 Å². The maximum absolute atomic E-state index is 12.1. The van der Waals surface area contributed by atoms with Gasteiger partial charge in [0, 0.05) is 17.1 Å². The van der Waals surface area contributed by atoms with E-state index in [0.717, 1.165) is 5.57 Å². The highest BCUT2D eigenvalue weighted by atomic mass is 16.6. The fourth-order valence-corrected chi connectivity index (χ4v) is 3.47. The molecule has 1 fully saturated rings. The molecule has 0 unspecified atom stereocenters. The quantitative estimate of drug-likeness (QED) is 0.529. The van der Waals surface area contributed by atoms with E-state index < -0.39 is 17.7 Å². The molecule has 0 spiro atoms. The van der Waals surface area contributed by atoms with Crippen LogP contribution in [0.15, 0.2) is 34.9 Å². The Morgan fingerprint density at radius 2 is 2.11 bits per heavy atom. The Hall–Kier alpha value is -1.68. The molecule has 3 aliphatic rings. The van der Waals surface area contributed by atoms with E-state index in [-0.39, 0.29) is 11.7 Å². The second-order valence-electron chi connectivity index (χ2n) is 5.61. The average molecular weight is 260 g/mol. The smallest absolute Gasteiger partial charge is 0.334 e. The topological polar surface area (TPSA) is 63.6 Å². The van der Waals surface area contributed by atoms with Crippen molar-refractivity contribution in [2.24, 2.45) is 5.92 Å². The van der Waals surface area contributed by atoms with Gasteiger partial charge in [-0.15, -0.1) is 0 Å². The Morgan fingerprint density at radius 1 is 1.42 bits per heavy atom. The van der Waals surface area contributed by atoms with Crippen molar-refractivity contribution >= 4 is 11.8 Å². The van der Waals surface area contributed by atoms with Gasteiger partial charge in [-0.25, -0.2) is 4.79 Å². The number of aliphatic hydroxyl groups is 1. The molecular formula is C15H16O4. The van der Waals surface area contributed by atoms with Gasteiger partial charge >= 0.3 is 5.97 Å². The summed E-state index contributed by atoms with van der Waals surface area (Å²) in [7, 11) is 0. The highest BCUT2D eigenvalue weighted by molar-refractivity contribution is 6.11. The van der Waals surface area contributed by atoms with Crippen LogP contribution in [0.4, 0.5) is 0 Å². The molecule has 0 amide bonds. The molecule has 0 saturated carbocycles. The molecule has 3 atom stereocenters. The van der Waals surface area contributed by atoms with Crippen LogP contribution in [0.3, 0.4) is 0 Å². The third-order valence-electron chi connectivity index (χ3n) is 4.55. The number of ketones is 1. The van der Waals surface area contributed by atoms with Gasteiger partial charge in [-0.3, -0.25) is 4.79 Å². The first kappa shape index (κ1) is 12.4. The highest BCUT2D eigenvalue weighted by Gasteiger charge is 2.58. The van der Waals surface area contributed by atoms with E-state index in [9.17, 15) is 14.7 Å². The number of allylic oxidation sites excluding steroid dienone is 2. The van der Waals surface area contributed by atoms with Crippen LogP contribution < -0.4 is 0 Å². The Bertz CT molecular complexity index is 581. The summed E-state index contributed by atoms with van der Waals surface area (Å²) in [6, 6.07) is 0. The van der Waals surface area contributed by atoms with E-state index >= 15 is 0 Å². The molecular weight excluding hydrogens is 244 g/mol. The molecule has 1 heterocycles. The predicted octanol–water partition coefficient (Wildman–Crippen LogP) is 1.45. The standard InChI is InChI=1S/C15H16O4/c1-7-4-5-10-9(3)14(17)19-13(10)15(18)8(2)6-11(16)12(7)15/h6,10,13,18H,3-5H2,1-2H3/t10-,13+,15-/m1/s1. The molecule has 2 aliphatic carbocycles. The van der Waals surface area contributed by atoms with Gasteiger partial charge in [0.05, 0.1) is 0 Å². The van der Waals surface area contributed by atoms with Gasteiger partial charge in [-0.1, -0.05) is 12.2 Å². The number of carbonyl (C=O) groups excluding carboxylic acids is 2. The minimum absolute atomic E-state index is 0.174. The summed E-state index contributed by atoms with van der Waals surface area (Å²) in [6.45, 7) is 7.33. The van der Waals surface area contributed by atoms with Crippen LogP contribution in [0.1, 0.15) is 26.7 Å². The van der Waals surface area contributed by atoms with Gasteiger partial charge in [0.15, 0.2) is 11.4 Å². The number of esters is 1. The van der Waals surface area contributed by atoms with Crippen molar-refractivity contribution in [3.05, 3.63) is 34.9 Å². The Balaban J connectivity index is 2.20. The summed E-state index contributed by atoms with van der Waals surface area (Å²) in [5.41, 5.74) is 0.738. The number of ether oxygens (including phenoxy) is 1. The largest absolute Gasteiger partial charge is 0.455 e. The molecule has 0 bridgehead atoms. The third-order valence-corrected chi connectivity index (χ3v) is 4.55. The van der Waals surface area contributed by atoms with E-state index in [1.807, 2.05) is 6.92 Å². The van der Waals surface area contributed by atoms with Crippen molar-refractivity contribution in [2.75, 3.05) is 0 Å². The summed E-state index contributed by atoms with van der Waals surface area (Å²) in [5, 5.41) is 11.0. The zero-order valence-electron chi connectivity index (χ0n) is 11.0. The summed E-state index contributed by atoms with van der Waals surface area (Å²) >= 11 is 0. The fraction of sp³-hybridized carbons (Fsp3) is 0.467. The van der Waals surface area contributed by atoms with Crippen molar-refractivity contribution in [2.45, 2.75) is 38.4 Å². The van der Waals surface area contributed by atoms with Crippen molar-refractivity contribution < 1.29 is 19.4 Å². The maximum atomic E-state index is 12.1. The van der Waals surface area contributed by atoms with E-state index in [2.05, 4.69) is 6.58 Å². The molecule has 0 aromatic heterocycles. The lowest BCUT2D eigenvalue weighted by atomic mass is 9.79. The van der Waals surface area contributed by atoms with Crippen molar-refractivity contribution in [1.82, 2.24) is 0 Å². The third kappa shape index (κ3) is 1.38. The first-order valence-electron chi connectivity index (χ1n) is 6.43. The fourth-order valence-electron chi connectivity index (χ4n) is 3.47. The van der Waals surface area contributed by atoms with Crippen LogP contribution in [0.25, 0.3) is 0 Å². The van der Waals surface area contributed by atoms with Gasteiger partial charge < -0.3 is 9.84 Å². The SMILES string of the molecule is C=C1C(=O)O[C@H]2[C@@H]1CCC(C)=C1C(=O)C=C(C)[C@@]12O. The van der Waals surface area contributed by atoms with Crippen molar-refractivity contribution in [1.29, 1.82) is 0 Å². The molecule has 0 aromatic carbocycles. The molecule has 100 valence electrons. The first-order valence-corrected chi connectivity index (χ1v) is 6.43. The normalized spacial score (nSPS) is 37.8. The zero-order chi connectivity index (χ0) is 13.9. The number of fused-ring (bicyclic) bond motifs is 3. The lowest BCUT2D eigenvalue weighted by Crippen LogP contribution is -2.46. The average Bonchev–Trinajstić information content (AvgIpc) is 2.70. The van der Waals surface area contributed by atoms with Crippen molar-refractivity contribution in [3.8, 4) is 0 Å². The maximum Gasteiger partial charge on any atom is 0.334 e. The molecule has 1 saturated heterocycles. The van der Waals surface area contributed by atoms with Crippen molar-refractivity contribution in [3.63, 3.8) is 0 Å². The molecule has 1 N–H and O–H groups in total. The molecule has 0 aromatic rings. The summed E-state index contributed by atoms with van der Waals surface area (Å²) in [5.74, 6) is -0.861. The van der Waals surface area contributed by atoms with Crippen LogP contribution in [-0.2, 0) is 14.3 Å². The lowest BCUT2D eigenvalue weighted by Gasteiger charge is -2.33. The number of carbonyl (C=O) groups is 2. The van der Waals surface area contributed by atoms with Crippen LogP contribution in [0.5, 0.6) is 0 Å². The summed E-state index contributed by atoms with van der Waals surface area (Å²) in [6.07, 6.45) is 2.06. The highest BCUT2D eigenvalue weighted by Crippen LogP contribution is 2.49. The minimum atomic E-state index is -1.47. The summed E-state index contributed by atoms with van der Waals surface area (Å²) in [4.78, 5) is 23.8. The van der Waals surface area contributed by atoms with Crippen LogP contribution in [-0.4, -0.2) is 28.6 Å². The second kappa shape index (κ2) is 3.67. The van der Waals surface area contributed by atoms with E-state index in [1.165, 1.54) is 6.08 Å². The number of rotatable bonds is 0. The van der Waals surface area contributed by atoms with Gasteiger partial charge in [0.2, 0.25) is 0 Å². The minimum Gasteiger partial charge on any atom is -0.455 e. The number of hydrogen-bond donors (Lipinski definition) is 1. The summed E-state index contributed by atoms with van der Waals surface area (Å²) < 4.78 is 5.33. The second-order valence-corrected chi connectivity index (χ2v) is 5.61. The lowest BCUT2D eigenvalue weighted by molar-refractivity contribution is -0.147. The van der Waals surface area contributed by atoms with E-state index in [1.54, 1.807) is 6.92 Å². The molecule has 1 aliphatic heterocycles. The van der Waals surface area contributed by atoms with Gasteiger partial charge in [0.1, 0.15) is 6.10 Å². The molecule has 0 radical (unpaired) electrons. The zero-order valence-corrected chi connectivity index (χ0v) is 11.0. The Kier molecular flexibility index (Phi) is 2.39. The van der Waals surface area contributed by atoms with Crippen LogP contribution in [0.2, 0.25) is 0 Å². The van der Waals surface area contributed by atoms with Crippen LogP contribution in [0, 0.1) is 5.92 Å². The number of hydrogen-bond acceptors (Lipinski definition) is 4. The Labute approximate surface area is 111 Å². The Morgan fingerprint density at radius 3 is 2.79 bits per heavy atom. The first-order chi connectivity index (χ1) is 8.87. The molecule has 3 rings (SSSR count). The van der Waals surface area contributed by atoms with E-state index in [4.69, 9.17) is 4.74 Å². The predicted molar refractivity (Wildman–Crippen MR) is 68.2 cm³/mol. The molecule has 4 heteroatoms. The van der Waals surface area contributed by atoms with Gasteiger partial charge in [-0.05, 0) is 38.3 Å². The molecule has 19 heavy (non-hydrogen) atoms. The monoisotopic (exact) mass is 260 g/mol.